The molecule has 2 aliphatic rings. The molecule has 2 aliphatic heterocycles. The van der Waals surface area contributed by atoms with E-state index in [0.717, 1.165) is 17.9 Å². The molecule has 0 unspecified atom stereocenters. The SMILES string of the molecule is COc1cc2c(cc1-c1nnn(C)n1)-c1c(CC(F)(F)F)cc(C(=O)N3CCC[C@]3(C)[C@H](O)C(F)(F)F)n1[C@H](C)C2. The molecule has 0 radical (unpaired) electrons. The van der Waals surface area contributed by atoms with Gasteiger partial charge >= 0.3 is 12.4 Å². The van der Waals surface area contributed by atoms with Crippen molar-refractivity contribution in [3.05, 3.63) is 35.0 Å². The molecule has 0 saturated carbocycles. The molecule has 4 heterocycles. The summed E-state index contributed by atoms with van der Waals surface area (Å²) in [5, 5.41) is 22.2. The van der Waals surface area contributed by atoms with Crippen LogP contribution in [0.1, 0.15) is 54.3 Å². The maximum absolute atomic E-state index is 13.9. The molecular weight excluding hydrogens is 558 g/mol. The van der Waals surface area contributed by atoms with Crippen LogP contribution in [0.3, 0.4) is 0 Å². The number of carbonyl (C=O) groups excluding carboxylic acids is 1. The number of ether oxygens (including phenoxy) is 1. The zero-order valence-electron chi connectivity index (χ0n) is 22.6. The fourth-order valence-electron chi connectivity index (χ4n) is 6.10. The molecule has 2 aromatic heterocycles. The highest BCUT2D eigenvalue weighted by Crippen LogP contribution is 2.46. The van der Waals surface area contributed by atoms with Crippen molar-refractivity contribution in [3.8, 4) is 28.4 Å². The number of benzene rings is 1. The molecule has 1 N–H and O–H groups in total. The van der Waals surface area contributed by atoms with Gasteiger partial charge in [-0.25, -0.2) is 0 Å². The van der Waals surface area contributed by atoms with Crippen LogP contribution in [0.4, 0.5) is 26.3 Å². The van der Waals surface area contributed by atoms with E-state index in [1.165, 1.54) is 16.5 Å². The minimum Gasteiger partial charge on any atom is -0.496 e. The van der Waals surface area contributed by atoms with Gasteiger partial charge < -0.3 is 19.3 Å². The third-order valence-electron chi connectivity index (χ3n) is 7.94. The Labute approximate surface area is 230 Å². The van der Waals surface area contributed by atoms with Crippen LogP contribution in [0.5, 0.6) is 5.75 Å². The van der Waals surface area contributed by atoms with E-state index in [2.05, 4.69) is 15.4 Å². The van der Waals surface area contributed by atoms with Gasteiger partial charge in [0.2, 0.25) is 5.82 Å². The number of hydrogen-bond donors (Lipinski definition) is 1. The van der Waals surface area contributed by atoms with Gasteiger partial charge in [0.05, 0.1) is 37.4 Å². The molecular formula is C26H28F6N6O3. The molecule has 0 aliphatic carbocycles. The molecule has 0 spiro atoms. The summed E-state index contributed by atoms with van der Waals surface area (Å²) in [5.41, 5.74) is -0.794. The number of hydrogen-bond acceptors (Lipinski definition) is 6. The predicted molar refractivity (Wildman–Crippen MR) is 133 cm³/mol. The number of aromatic nitrogens is 5. The van der Waals surface area contributed by atoms with Crippen molar-refractivity contribution in [3.63, 3.8) is 0 Å². The van der Waals surface area contributed by atoms with E-state index in [4.69, 9.17) is 4.74 Å². The fourth-order valence-corrected chi connectivity index (χ4v) is 6.10. The average Bonchev–Trinajstić information content (AvgIpc) is 3.58. The van der Waals surface area contributed by atoms with Gasteiger partial charge in [0, 0.05) is 18.2 Å². The van der Waals surface area contributed by atoms with Crippen molar-refractivity contribution < 1.29 is 41.0 Å². The van der Waals surface area contributed by atoms with Crippen molar-refractivity contribution in [2.24, 2.45) is 7.05 Å². The minimum atomic E-state index is -4.99. The Morgan fingerprint density at radius 1 is 1.20 bits per heavy atom. The van der Waals surface area contributed by atoms with Crippen LogP contribution < -0.4 is 4.74 Å². The lowest BCUT2D eigenvalue weighted by atomic mass is 9.90. The van der Waals surface area contributed by atoms with Crippen molar-refractivity contribution >= 4 is 5.91 Å². The van der Waals surface area contributed by atoms with Crippen LogP contribution in [-0.2, 0) is 19.9 Å². The smallest absolute Gasteiger partial charge is 0.416 e. The molecule has 41 heavy (non-hydrogen) atoms. The third-order valence-corrected chi connectivity index (χ3v) is 7.94. The summed E-state index contributed by atoms with van der Waals surface area (Å²) in [5.74, 6) is -0.319. The highest BCUT2D eigenvalue weighted by Gasteiger charge is 2.56. The monoisotopic (exact) mass is 586 g/mol. The Balaban J connectivity index is 1.70. The number of halogens is 6. The van der Waals surface area contributed by atoms with Crippen molar-refractivity contribution in [1.82, 2.24) is 29.7 Å². The number of aliphatic hydroxyl groups is 1. The first-order valence-corrected chi connectivity index (χ1v) is 12.9. The first-order valence-electron chi connectivity index (χ1n) is 12.9. The van der Waals surface area contributed by atoms with Crippen molar-refractivity contribution in [2.45, 2.75) is 69.6 Å². The summed E-state index contributed by atoms with van der Waals surface area (Å²) in [4.78, 5) is 16.0. The number of fused-ring (bicyclic) bond motifs is 3. The largest absolute Gasteiger partial charge is 0.496 e. The summed E-state index contributed by atoms with van der Waals surface area (Å²) in [6, 6.07) is 3.86. The van der Waals surface area contributed by atoms with Crippen LogP contribution in [0.25, 0.3) is 22.6 Å². The van der Waals surface area contributed by atoms with Gasteiger partial charge in [-0.1, -0.05) is 0 Å². The molecule has 0 bridgehead atoms. The number of aliphatic hydroxyl groups excluding tert-OH is 1. The maximum atomic E-state index is 13.9. The first-order chi connectivity index (χ1) is 19.0. The number of aryl methyl sites for hydroxylation is 1. The second-order valence-electron chi connectivity index (χ2n) is 10.8. The van der Waals surface area contributed by atoms with E-state index in [0.29, 0.717) is 28.9 Å². The first kappa shape index (κ1) is 28.9. The van der Waals surface area contributed by atoms with E-state index >= 15 is 0 Å². The molecule has 3 atom stereocenters. The number of carbonyl (C=O) groups is 1. The molecule has 15 heteroatoms. The summed E-state index contributed by atoms with van der Waals surface area (Å²) < 4.78 is 89.1. The standard InChI is InChI=1S/C26H28F6N6O3/c1-13-8-14-10-19(41-4)17(21-33-35-36(3)34-21)11-16(14)20-15(12-25(27,28)29)9-18(38(13)20)22(39)37-7-5-6-24(37,2)23(40)26(30,31)32/h9-11,13,23,40H,5-8,12H2,1-4H3/t13-,23+,24-/m1/s1. The summed E-state index contributed by atoms with van der Waals surface area (Å²) in [6.45, 7) is 2.79. The lowest BCUT2D eigenvalue weighted by molar-refractivity contribution is -0.232. The number of methoxy groups -OCH3 is 1. The van der Waals surface area contributed by atoms with Gasteiger partial charge in [0.1, 0.15) is 11.4 Å². The normalized spacial score (nSPS) is 21.5. The minimum absolute atomic E-state index is 0.0811. The fraction of sp³-hybridized carbons (Fsp3) is 0.538. The Bertz CT molecular complexity index is 1500. The highest BCUT2D eigenvalue weighted by atomic mass is 19.4. The molecule has 9 nitrogen and oxygen atoms in total. The molecule has 1 saturated heterocycles. The molecule has 5 rings (SSSR count). The van der Waals surface area contributed by atoms with Gasteiger partial charge in [0.15, 0.2) is 6.10 Å². The quantitative estimate of drug-likeness (QED) is 0.443. The van der Waals surface area contributed by atoms with E-state index in [-0.39, 0.29) is 42.2 Å². The second-order valence-corrected chi connectivity index (χ2v) is 10.8. The lowest BCUT2D eigenvalue weighted by Crippen LogP contribution is -2.58. The van der Waals surface area contributed by atoms with E-state index < -0.39 is 42.4 Å². The van der Waals surface area contributed by atoms with E-state index in [9.17, 15) is 36.2 Å². The molecule has 3 aromatic rings. The Morgan fingerprint density at radius 2 is 1.90 bits per heavy atom. The van der Waals surface area contributed by atoms with Crippen LogP contribution in [0.2, 0.25) is 0 Å². The van der Waals surface area contributed by atoms with Gasteiger partial charge in [-0.3, -0.25) is 4.79 Å². The van der Waals surface area contributed by atoms with Crippen molar-refractivity contribution in [2.75, 3.05) is 13.7 Å². The average molecular weight is 587 g/mol. The number of likely N-dealkylation sites (tertiary alicyclic amines) is 1. The molecule has 222 valence electrons. The van der Waals surface area contributed by atoms with E-state index in [1.54, 1.807) is 26.1 Å². The second kappa shape index (κ2) is 9.74. The van der Waals surface area contributed by atoms with Crippen LogP contribution in [0.15, 0.2) is 18.2 Å². The van der Waals surface area contributed by atoms with Gasteiger partial charge in [-0.15, -0.1) is 10.2 Å². The lowest BCUT2D eigenvalue weighted by Gasteiger charge is -2.40. The number of tetrazole rings is 1. The Kier molecular flexibility index (Phi) is 6.86. The van der Waals surface area contributed by atoms with Crippen LogP contribution >= 0.6 is 0 Å². The van der Waals surface area contributed by atoms with E-state index in [1.807, 2.05) is 0 Å². The number of rotatable bonds is 5. The van der Waals surface area contributed by atoms with Crippen LogP contribution in [-0.4, -0.2) is 78.3 Å². The van der Waals surface area contributed by atoms with Gasteiger partial charge in [-0.2, -0.15) is 31.1 Å². The zero-order valence-corrected chi connectivity index (χ0v) is 22.6. The molecule has 1 amide bonds. The summed E-state index contributed by atoms with van der Waals surface area (Å²) >= 11 is 0. The highest BCUT2D eigenvalue weighted by molar-refractivity contribution is 5.96. The predicted octanol–water partition coefficient (Wildman–Crippen LogP) is 4.49. The maximum Gasteiger partial charge on any atom is 0.416 e. The molecule has 1 fully saturated rings. The number of nitrogens with zero attached hydrogens (tertiary/aromatic N) is 6. The third kappa shape index (κ3) is 4.93. The zero-order chi connectivity index (χ0) is 30.1. The summed E-state index contributed by atoms with van der Waals surface area (Å²) in [6.07, 6.45) is -13.4. The van der Waals surface area contributed by atoms with Crippen LogP contribution in [0, 0.1) is 0 Å². The topological polar surface area (TPSA) is 98.3 Å². The van der Waals surface area contributed by atoms with Crippen molar-refractivity contribution in [1.29, 1.82) is 0 Å². The summed E-state index contributed by atoms with van der Waals surface area (Å²) in [7, 11) is 2.99. The Morgan fingerprint density at radius 3 is 2.49 bits per heavy atom. The van der Waals surface area contributed by atoms with Gasteiger partial charge in [-0.05, 0) is 67.6 Å². The van der Waals surface area contributed by atoms with Gasteiger partial charge in [0.25, 0.3) is 5.91 Å². The molecule has 1 aromatic carbocycles. The number of amides is 1. The Hall–Kier alpha value is -3.62. The number of alkyl halides is 6.